The maximum atomic E-state index is 13.2. The third kappa shape index (κ3) is 8.51. The second-order valence-corrected chi connectivity index (χ2v) is 11.4. The average molecular weight is 650 g/mol. The van der Waals surface area contributed by atoms with Crippen molar-refractivity contribution < 1.29 is 14.3 Å². The second kappa shape index (κ2) is 15.2. The van der Waals surface area contributed by atoms with Crippen LogP contribution in [0.3, 0.4) is 0 Å². The van der Waals surface area contributed by atoms with E-state index in [-0.39, 0.29) is 17.7 Å². The Bertz CT molecular complexity index is 1690. The number of carbonyl (C=O) groups is 2. The summed E-state index contributed by atoms with van der Waals surface area (Å²) in [6.45, 7) is 13.5. The Hall–Kier alpha value is -4.18. The summed E-state index contributed by atoms with van der Waals surface area (Å²) < 4.78 is 5.73. The fourth-order valence-electron chi connectivity index (χ4n) is 4.74. The first-order valence-corrected chi connectivity index (χ1v) is 15.5. The number of nitrogens with one attached hydrogen (secondary N) is 2. The summed E-state index contributed by atoms with van der Waals surface area (Å²) in [7, 11) is 1.53. The van der Waals surface area contributed by atoms with Crippen molar-refractivity contribution in [3.63, 3.8) is 0 Å². The first-order valence-electron chi connectivity index (χ1n) is 14.7. The van der Waals surface area contributed by atoms with E-state index in [1.165, 1.54) is 11.9 Å². The van der Waals surface area contributed by atoms with Crippen molar-refractivity contribution in [1.29, 1.82) is 0 Å². The van der Waals surface area contributed by atoms with Crippen molar-refractivity contribution in [1.82, 2.24) is 20.2 Å². The number of amides is 2. The maximum Gasteiger partial charge on any atom is 0.420 e. The highest BCUT2D eigenvalue weighted by Crippen LogP contribution is 2.31. The average Bonchev–Trinajstić information content (AvgIpc) is 3.02. The number of ether oxygens (including phenoxy) is 1. The smallest absolute Gasteiger partial charge is 0.391 e. The minimum atomic E-state index is -0.713. The number of halogens is 2. The molecule has 11 heteroatoms. The van der Waals surface area contributed by atoms with Crippen LogP contribution in [0.15, 0.2) is 60.7 Å². The molecule has 2 amide bonds. The summed E-state index contributed by atoms with van der Waals surface area (Å²) in [6, 6.07) is 17.5. The summed E-state index contributed by atoms with van der Waals surface area (Å²) in [5.74, 6) is 0.0412. The van der Waals surface area contributed by atoms with E-state index >= 15 is 0 Å². The molecule has 0 aliphatic heterocycles. The van der Waals surface area contributed by atoms with Crippen molar-refractivity contribution >= 4 is 52.5 Å². The number of carbonyl (C=O) groups excluding carboxylic acids is 2. The summed E-state index contributed by atoms with van der Waals surface area (Å²) >= 11 is 12.5. The number of hydrogen-bond acceptors (Lipinski definition) is 7. The van der Waals surface area contributed by atoms with Gasteiger partial charge in [-0.1, -0.05) is 55.2 Å². The second-order valence-electron chi connectivity index (χ2n) is 10.6. The summed E-state index contributed by atoms with van der Waals surface area (Å²) in [5, 5.41) is 6.93. The maximum absolute atomic E-state index is 13.2. The number of likely N-dealkylation sites (N-methyl/N-ethyl adjacent to an activating group) is 1. The number of nitrogens with zero attached hydrogens (tertiary/aromatic N) is 4. The first kappa shape index (κ1) is 33.7. The molecule has 0 saturated heterocycles. The molecule has 0 aliphatic carbocycles. The molecule has 3 aromatic carbocycles. The Labute approximate surface area is 274 Å². The van der Waals surface area contributed by atoms with Crippen molar-refractivity contribution in [3.8, 4) is 17.1 Å². The van der Waals surface area contributed by atoms with Crippen LogP contribution in [0.4, 0.5) is 22.1 Å². The van der Waals surface area contributed by atoms with Crippen LogP contribution in [0.2, 0.25) is 10.0 Å². The van der Waals surface area contributed by atoms with Crippen molar-refractivity contribution in [3.05, 3.63) is 93.0 Å². The zero-order chi connectivity index (χ0) is 32.7. The van der Waals surface area contributed by atoms with Crippen molar-refractivity contribution in [2.45, 2.75) is 34.6 Å². The molecule has 0 atom stereocenters. The topological polar surface area (TPSA) is 99.7 Å². The Morgan fingerprint density at radius 1 is 0.911 bits per heavy atom. The van der Waals surface area contributed by atoms with Gasteiger partial charge in [-0.3, -0.25) is 9.69 Å². The lowest BCUT2D eigenvalue weighted by Crippen LogP contribution is -2.34. The molecule has 236 valence electrons. The minimum absolute atomic E-state index is 0.0282. The highest BCUT2D eigenvalue weighted by molar-refractivity contribution is 6.35. The van der Waals surface area contributed by atoms with E-state index in [9.17, 15) is 9.59 Å². The van der Waals surface area contributed by atoms with Crippen LogP contribution >= 0.6 is 23.2 Å². The molecule has 0 fully saturated rings. The highest BCUT2D eigenvalue weighted by Gasteiger charge is 2.20. The SMILES string of the molecule is CCN(CC)CCNC(=O)c1cccc(Nc2nc(OC(=O)N(C)c3cc(Cl)ccc3Cl)cc(-c3ccc(C)c(C)c3C)n2)c1. The van der Waals surface area contributed by atoms with E-state index in [1.54, 1.807) is 42.5 Å². The van der Waals surface area contributed by atoms with Gasteiger partial charge in [-0.15, -0.1) is 0 Å². The van der Waals surface area contributed by atoms with Gasteiger partial charge in [0.05, 0.1) is 16.4 Å². The highest BCUT2D eigenvalue weighted by atomic mass is 35.5. The number of aryl methyl sites for hydroxylation is 1. The molecule has 0 bridgehead atoms. The molecule has 0 spiro atoms. The fourth-order valence-corrected chi connectivity index (χ4v) is 5.15. The van der Waals surface area contributed by atoms with Crippen LogP contribution < -0.4 is 20.3 Å². The van der Waals surface area contributed by atoms with E-state index in [4.69, 9.17) is 32.9 Å². The third-order valence-electron chi connectivity index (χ3n) is 7.76. The molecule has 1 aromatic heterocycles. The molecule has 0 aliphatic rings. The standard InChI is InChI=1S/C34H38Cl2N6O3/c1-7-42(8-2)17-16-37-32(43)24-10-9-11-26(18-24)38-33-39-29(27-14-12-21(3)22(4)23(27)5)20-31(40-33)45-34(44)41(6)30-19-25(35)13-15-28(30)36/h9-15,18-20H,7-8,16-17H2,1-6H3,(H,37,43)(H,38,39,40). The predicted octanol–water partition coefficient (Wildman–Crippen LogP) is 7.83. The quantitative estimate of drug-likeness (QED) is 0.171. The molecule has 45 heavy (non-hydrogen) atoms. The van der Waals surface area contributed by atoms with Gasteiger partial charge in [0.1, 0.15) is 0 Å². The number of anilines is 3. The fraction of sp³-hybridized carbons (Fsp3) is 0.294. The Morgan fingerprint density at radius 3 is 2.40 bits per heavy atom. The number of benzene rings is 3. The van der Waals surface area contributed by atoms with Crippen LogP contribution in [0, 0.1) is 20.8 Å². The van der Waals surface area contributed by atoms with Gasteiger partial charge in [-0.2, -0.15) is 4.98 Å². The molecule has 2 N–H and O–H groups in total. The molecule has 4 rings (SSSR count). The van der Waals surface area contributed by atoms with E-state index in [2.05, 4.69) is 48.2 Å². The summed E-state index contributed by atoms with van der Waals surface area (Å²) in [5.41, 5.74) is 6.24. The largest absolute Gasteiger partial charge is 0.420 e. The Kier molecular flexibility index (Phi) is 11.4. The van der Waals surface area contributed by atoms with Gasteiger partial charge in [-0.25, -0.2) is 9.78 Å². The van der Waals surface area contributed by atoms with Gasteiger partial charge in [-0.05, 0) is 86.9 Å². The lowest BCUT2D eigenvalue weighted by Gasteiger charge is -2.19. The molecular weight excluding hydrogens is 611 g/mol. The van der Waals surface area contributed by atoms with Crippen molar-refractivity contribution in [2.24, 2.45) is 0 Å². The molecule has 4 aromatic rings. The van der Waals surface area contributed by atoms with Gasteiger partial charge < -0.3 is 20.3 Å². The normalized spacial score (nSPS) is 11.0. The number of rotatable bonds is 11. The number of aromatic nitrogens is 2. The first-order chi connectivity index (χ1) is 21.5. The van der Waals surface area contributed by atoms with Crippen LogP contribution in [0.25, 0.3) is 11.3 Å². The molecule has 9 nitrogen and oxygen atoms in total. The third-order valence-corrected chi connectivity index (χ3v) is 8.32. The molecule has 0 radical (unpaired) electrons. The van der Waals surface area contributed by atoms with E-state index in [0.717, 1.165) is 41.9 Å². The van der Waals surface area contributed by atoms with E-state index in [0.29, 0.717) is 39.2 Å². The Morgan fingerprint density at radius 2 is 1.67 bits per heavy atom. The molecule has 0 unspecified atom stereocenters. The summed E-state index contributed by atoms with van der Waals surface area (Å²) in [4.78, 5) is 38.8. The van der Waals surface area contributed by atoms with Crippen LogP contribution in [-0.2, 0) is 0 Å². The van der Waals surface area contributed by atoms with Gasteiger partial charge in [0, 0.05) is 48.0 Å². The number of hydrogen-bond donors (Lipinski definition) is 2. The molecule has 0 saturated carbocycles. The lowest BCUT2D eigenvalue weighted by molar-refractivity contribution is 0.0949. The van der Waals surface area contributed by atoms with Crippen LogP contribution in [-0.4, -0.2) is 60.1 Å². The molecular formula is C34H38Cl2N6O3. The van der Waals surface area contributed by atoms with Crippen molar-refractivity contribution in [2.75, 3.05) is 43.4 Å². The zero-order valence-corrected chi connectivity index (χ0v) is 27.9. The molecule has 1 heterocycles. The van der Waals surface area contributed by atoms with Crippen LogP contribution in [0.5, 0.6) is 5.88 Å². The summed E-state index contributed by atoms with van der Waals surface area (Å²) in [6.07, 6.45) is -0.713. The Balaban J connectivity index is 1.63. The monoisotopic (exact) mass is 648 g/mol. The zero-order valence-electron chi connectivity index (χ0n) is 26.4. The lowest BCUT2D eigenvalue weighted by atomic mass is 9.97. The predicted molar refractivity (Wildman–Crippen MR) is 182 cm³/mol. The van der Waals surface area contributed by atoms with Gasteiger partial charge in [0.15, 0.2) is 0 Å². The van der Waals surface area contributed by atoms with E-state index in [1.807, 2.05) is 25.1 Å². The van der Waals surface area contributed by atoms with Gasteiger partial charge >= 0.3 is 6.09 Å². The van der Waals surface area contributed by atoms with Gasteiger partial charge in [0.25, 0.3) is 5.91 Å². The van der Waals surface area contributed by atoms with Gasteiger partial charge in [0.2, 0.25) is 11.8 Å². The van der Waals surface area contributed by atoms with E-state index < -0.39 is 6.09 Å². The van der Waals surface area contributed by atoms with Crippen LogP contribution in [0.1, 0.15) is 40.9 Å². The minimum Gasteiger partial charge on any atom is -0.391 e.